The first-order chi connectivity index (χ1) is 20.9. The fourth-order valence-electron chi connectivity index (χ4n) is 5.72. The number of aryl methyl sites for hydroxylation is 1. The van der Waals surface area contributed by atoms with Crippen molar-refractivity contribution in [3.63, 3.8) is 0 Å². The summed E-state index contributed by atoms with van der Waals surface area (Å²) in [5.74, 6) is 0.736. The molecule has 0 unspecified atom stereocenters. The normalized spacial score (nSPS) is 14.5. The van der Waals surface area contributed by atoms with Gasteiger partial charge in [0.25, 0.3) is 5.91 Å². The van der Waals surface area contributed by atoms with Crippen LogP contribution in [-0.2, 0) is 7.05 Å². The Labute approximate surface area is 248 Å². The van der Waals surface area contributed by atoms with Gasteiger partial charge in [-0.05, 0) is 55.5 Å². The Hall–Kier alpha value is -5.21. The number of phenols is 1. The Kier molecular flexibility index (Phi) is 7.77. The van der Waals surface area contributed by atoms with Crippen molar-refractivity contribution in [3.8, 4) is 34.1 Å². The van der Waals surface area contributed by atoms with E-state index < -0.39 is 12.0 Å². The van der Waals surface area contributed by atoms with Gasteiger partial charge in [-0.3, -0.25) is 9.48 Å². The van der Waals surface area contributed by atoms with Gasteiger partial charge in [-0.2, -0.15) is 15.5 Å². The smallest absolute Gasteiger partial charge is 0.255 e. The minimum absolute atomic E-state index is 0.0798. The zero-order valence-electron chi connectivity index (χ0n) is 23.8. The lowest BCUT2D eigenvalue weighted by molar-refractivity contribution is 0.0886. The Bertz CT molecular complexity index is 1800. The molecule has 3 N–H and O–H groups in total. The van der Waals surface area contributed by atoms with E-state index in [0.29, 0.717) is 17.9 Å². The number of nitrogens with one attached hydrogen (secondary N) is 1. The molecule has 5 aromatic rings. The van der Waals surface area contributed by atoms with Crippen LogP contribution in [0.1, 0.15) is 35.2 Å². The monoisotopic (exact) mass is 576 g/mol. The van der Waals surface area contributed by atoms with Gasteiger partial charge in [-0.1, -0.05) is 12.1 Å². The van der Waals surface area contributed by atoms with Gasteiger partial charge in [0.2, 0.25) is 0 Å². The molecule has 6 rings (SSSR count). The zero-order chi connectivity index (χ0) is 29.9. The Morgan fingerprint density at radius 3 is 2.58 bits per heavy atom. The molecule has 1 fully saturated rings. The molecular weight excluding hydrogens is 544 g/mol. The molecule has 1 aliphatic rings. The largest absolute Gasteiger partial charge is 0.507 e. The van der Waals surface area contributed by atoms with Crippen molar-refractivity contribution in [1.29, 1.82) is 5.26 Å². The maximum Gasteiger partial charge on any atom is 0.255 e. The van der Waals surface area contributed by atoms with Crippen LogP contribution in [0.5, 0.6) is 5.75 Å². The molecule has 218 valence electrons. The molecule has 0 spiro atoms. The van der Waals surface area contributed by atoms with Crippen molar-refractivity contribution in [2.75, 3.05) is 24.5 Å². The van der Waals surface area contributed by atoms with Crippen LogP contribution in [0.3, 0.4) is 0 Å². The first kappa shape index (κ1) is 27.9. The lowest BCUT2D eigenvalue weighted by Gasteiger charge is -2.33. The number of fused-ring (bicyclic) bond motifs is 1. The number of rotatable bonds is 8. The average molecular weight is 577 g/mol. The molecular formula is C32H32N8O3. The van der Waals surface area contributed by atoms with E-state index in [1.54, 1.807) is 39.8 Å². The second kappa shape index (κ2) is 12.0. The highest BCUT2D eigenvalue weighted by Gasteiger charge is 2.23. The number of carbonyl (C=O) groups is 1. The zero-order valence-corrected chi connectivity index (χ0v) is 23.8. The fourth-order valence-corrected chi connectivity index (χ4v) is 5.72. The summed E-state index contributed by atoms with van der Waals surface area (Å²) in [5, 5.41) is 41.5. The first-order valence-electron chi connectivity index (χ1n) is 14.3. The minimum atomic E-state index is -0.662. The second-order valence-corrected chi connectivity index (χ2v) is 11.0. The molecule has 4 aromatic heterocycles. The summed E-state index contributed by atoms with van der Waals surface area (Å²) in [6.07, 6.45) is 10.8. The van der Waals surface area contributed by atoms with E-state index in [-0.39, 0.29) is 17.9 Å². The van der Waals surface area contributed by atoms with Crippen molar-refractivity contribution in [2.24, 2.45) is 13.0 Å². The van der Waals surface area contributed by atoms with Crippen molar-refractivity contribution < 1.29 is 15.0 Å². The topological polar surface area (TPSA) is 145 Å². The van der Waals surface area contributed by atoms with Crippen LogP contribution in [0, 0.1) is 17.2 Å². The van der Waals surface area contributed by atoms with E-state index in [9.17, 15) is 20.3 Å². The lowest BCUT2D eigenvalue weighted by Crippen LogP contribution is -2.37. The molecule has 0 saturated carbocycles. The number of benzene rings is 1. The van der Waals surface area contributed by atoms with Crippen LogP contribution in [0.2, 0.25) is 0 Å². The maximum absolute atomic E-state index is 12.3. The number of aromatic nitrogens is 5. The number of hydrogen-bond acceptors (Lipinski definition) is 8. The summed E-state index contributed by atoms with van der Waals surface area (Å²) in [6.45, 7) is 1.77. The summed E-state index contributed by atoms with van der Waals surface area (Å²) in [6, 6.07) is 14.7. The molecule has 1 atom stereocenters. The van der Waals surface area contributed by atoms with Crippen LogP contribution >= 0.6 is 0 Å². The van der Waals surface area contributed by atoms with E-state index in [0.717, 1.165) is 59.5 Å². The predicted molar refractivity (Wildman–Crippen MR) is 161 cm³/mol. The Balaban J connectivity index is 1.09. The maximum atomic E-state index is 12.3. The van der Waals surface area contributed by atoms with Gasteiger partial charge in [-0.25, -0.2) is 9.50 Å². The predicted octanol–water partition coefficient (Wildman–Crippen LogP) is 3.77. The van der Waals surface area contributed by atoms with E-state index in [1.807, 2.05) is 43.8 Å². The van der Waals surface area contributed by atoms with Gasteiger partial charge in [-0.15, -0.1) is 0 Å². The number of aliphatic hydroxyl groups is 1. The number of carbonyl (C=O) groups excluding carboxylic acids is 1. The number of pyridine rings is 2. The molecule has 11 nitrogen and oxygen atoms in total. The summed E-state index contributed by atoms with van der Waals surface area (Å²) in [5.41, 5.74) is 5.09. The van der Waals surface area contributed by atoms with Crippen molar-refractivity contribution >= 4 is 17.2 Å². The number of anilines is 1. The van der Waals surface area contributed by atoms with Gasteiger partial charge >= 0.3 is 0 Å². The summed E-state index contributed by atoms with van der Waals surface area (Å²) in [4.78, 5) is 19.4. The van der Waals surface area contributed by atoms with Crippen molar-refractivity contribution in [3.05, 3.63) is 84.6 Å². The lowest BCUT2D eigenvalue weighted by atomic mass is 9.91. The third-order valence-electron chi connectivity index (χ3n) is 8.02. The Morgan fingerprint density at radius 1 is 1.07 bits per heavy atom. The van der Waals surface area contributed by atoms with Crippen LogP contribution in [0.4, 0.5) is 5.82 Å². The molecule has 1 amide bonds. The van der Waals surface area contributed by atoms with Gasteiger partial charge in [0.15, 0.2) is 0 Å². The van der Waals surface area contributed by atoms with Crippen molar-refractivity contribution in [1.82, 2.24) is 29.7 Å². The third kappa shape index (κ3) is 5.91. The van der Waals surface area contributed by atoms with Crippen LogP contribution in [0.25, 0.3) is 27.8 Å². The quantitative estimate of drug-likeness (QED) is 0.253. The van der Waals surface area contributed by atoms with E-state index in [2.05, 4.69) is 26.5 Å². The highest BCUT2D eigenvalue weighted by Crippen LogP contribution is 2.33. The molecule has 0 radical (unpaired) electrons. The summed E-state index contributed by atoms with van der Waals surface area (Å²) < 4.78 is 3.49. The van der Waals surface area contributed by atoms with E-state index in [4.69, 9.17) is 4.98 Å². The Morgan fingerprint density at radius 2 is 1.88 bits per heavy atom. The average Bonchev–Trinajstić information content (AvgIpc) is 3.66. The molecule has 1 aromatic carbocycles. The molecule has 11 heteroatoms. The number of aromatic hydroxyl groups is 1. The molecule has 5 heterocycles. The van der Waals surface area contributed by atoms with Gasteiger partial charge < -0.3 is 20.4 Å². The summed E-state index contributed by atoms with van der Waals surface area (Å²) >= 11 is 0. The molecule has 1 aliphatic heterocycles. The second-order valence-electron chi connectivity index (χ2n) is 11.0. The molecule has 1 saturated heterocycles. The number of aliphatic hydroxyl groups excluding tert-OH is 1. The van der Waals surface area contributed by atoms with Gasteiger partial charge in [0, 0.05) is 67.5 Å². The number of nitriles is 1. The number of hydrogen-bond donors (Lipinski definition) is 3. The highest BCUT2D eigenvalue weighted by atomic mass is 16.3. The fraction of sp³-hybridized carbons (Fsp3) is 0.281. The van der Waals surface area contributed by atoms with E-state index in [1.165, 1.54) is 6.07 Å². The van der Waals surface area contributed by atoms with Crippen molar-refractivity contribution in [2.45, 2.75) is 25.4 Å². The van der Waals surface area contributed by atoms with E-state index >= 15 is 0 Å². The standard InChI is InChI=1S/C32H32N8O3/c1-38-19-25(17-36-38)23-13-28(31-24(14-33)16-37-40(31)20-23)22-6-7-30(34-15-22)39-10-8-21(9-11-39)12-26(41)18-35-32(43)27-4-2-3-5-29(27)42/h2-7,13,15-17,19-21,26,41-42H,8-12,18H2,1H3,(H,35,43)/t26-/m0/s1. The van der Waals surface area contributed by atoms with Crippen LogP contribution in [-0.4, -0.2) is 66.2 Å². The number of phenolic OH excluding ortho intramolecular Hbond substituents is 1. The molecule has 0 aliphatic carbocycles. The van der Waals surface area contributed by atoms with Crippen LogP contribution < -0.4 is 10.2 Å². The number of amides is 1. The van der Waals surface area contributed by atoms with Crippen LogP contribution in [0.15, 0.2) is 73.4 Å². The third-order valence-corrected chi connectivity index (χ3v) is 8.02. The number of para-hydroxylation sites is 1. The number of nitrogens with zero attached hydrogens (tertiary/aromatic N) is 7. The van der Waals surface area contributed by atoms with Gasteiger partial charge in [0.1, 0.15) is 17.6 Å². The first-order valence-corrected chi connectivity index (χ1v) is 14.3. The van der Waals surface area contributed by atoms with Gasteiger partial charge in [0.05, 0.1) is 35.1 Å². The number of piperidine rings is 1. The minimum Gasteiger partial charge on any atom is -0.507 e. The summed E-state index contributed by atoms with van der Waals surface area (Å²) in [7, 11) is 1.87. The SMILES string of the molecule is Cn1cc(-c2cc(-c3ccc(N4CCC(C[C@H](O)CNC(=O)c5ccccc5O)CC4)nc3)c3c(C#N)cnn3c2)cn1. The molecule has 0 bridgehead atoms. The highest BCUT2D eigenvalue weighted by molar-refractivity contribution is 5.96. The molecule has 43 heavy (non-hydrogen) atoms.